The highest BCUT2D eigenvalue weighted by molar-refractivity contribution is 5.90. The van der Waals surface area contributed by atoms with Gasteiger partial charge in [-0.05, 0) is 49.4 Å². The third-order valence-electron chi connectivity index (χ3n) is 6.59. The summed E-state index contributed by atoms with van der Waals surface area (Å²) in [4.78, 5) is 39.8. The summed E-state index contributed by atoms with van der Waals surface area (Å²) >= 11 is 0. The second kappa shape index (κ2) is 14.7. The summed E-state index contributed by atoms with van der Waals surface area (Å²) in [6.45, 7) is 3.16. The summed E-state index contributed by atoms with van der Waals surface area (Å²) in [6.07, 6.45) is 1.78. The van der Waals surface area contributed by atoms with Crippen molar-refractivity contribution in [3.8, 4) is 5.75 Å². The highest BCUT2D eigenvalue weighted by atomic mass is 16.5. The van der Waals surface area contributed by atoms with E-state index in [-0.39, 0.29) is 30.8 Å². The van der Waals surface area contributed by atoms with Gasteiger partial charge in [0.05, 0.1) is 19.2 Å². The topological polar surface area (TPSA) is 170 Å². The third-order valence-corrected chi connectivity index (χ3v) is 6.59. The Kier molecular flexibility index (Phi) is 11.1. The number of guanidine groups is 1. The van der Waals surface area contributed by atoms with Gasteiger partial charge in [0.2, 0.25) is 11.8 Å². The molecular weight excluding hydrogens is 500 g/mol. The Hall–Kier alpha value is -4.12. The van der Waals surface area contributed by atoms with Crippen LogP contribution in [0.25, 0.3) is 0 Å². The Bertz CT molecular complexity index is 1100. The molecule has 2 aromatic carbocycles. The monoisotopic (exact) mass is 538 g/mol. The van der Waals surface area contributed by atoms with Crippen molar-refractivity contribution in [1.29, 1.82) is 5.41 Å². The average molecular weight is 539 g/mol. The van der Waals surface area contributed by atoms with Crippen LogP contribution in [0.15, 0.2) is 54.6 Å². The second-order valence-corrected chi connectivity index (χ2v) is 9.51. The van der Waals surface area contributed by atoms with Crippen molar-refractivity contribution in [3.63, 3.8) is 0 Å². The number of likely N-dealkylation sites (tertiary alicyclic amines) is 1. The van der Waals surface area contributed by atoms with Crippen LogP contribution >= 0.6 is 0 Å². The van der Waals surface area contributed by atoms with Crippen LogP contribution in [0.1, 0.15) is 30.9 Å². The molecule has 1 aliphatic heterocycles. The molecule has 11 nitrogen and oxygen atoms in total. The number of carbonyl (C=O) groups is 3. The summed E-state index contributed by atoms with van der Waals surface area (Å²) in [5.41, 5.74) is 7.27. The number of nitrogens with two attached hydrogens (primary N) is 1. The highest BCUT2D eigenvalue weighted by Crippen LogP contribution is 2.15. The lowest BCUT2D eigenvalue weighted by molar-refractivity contribution is -0.136. The first-order valence-corrected chi connectivity index (χ1v) is 13.2. The number of hydrogen-bond donors (Lipinski definition) is 6. The van der Waals surface area contributed by atoms with E-state index in [9.17, 15) is 19.5 Å². The maximum Gasteiger partial charge on any atom is 0.317 e. The molecule has 39 heavy (non-hydrogen) atoms. The number of nitrogens with zero attached hydrogens (tertiary/aromatic N) is 1. The number of amides is 2. The molecule has 0 unspecified atom stereocenters. The SMILES string of the molecule is CCOc1ccc(C[C@@H](NCC(=O)O)C(=O)N[C@@H](Cc2ccccc2)C(=O)NC2CCN(C(=N)N)CC2)cc1. The molecule has 1 saturated heterocycles. The number of nitrogens with one attached hydrogen (secondary N) is 4. The molecular formula is C28H38N6O5. The molecule has 0 bridgehead atoms. The quantitative estimate of drug-likeness (QED) is 0.161. The Morgan fingerprint density at radius 1 is 1.00 bits per heavy atom. The Labute approximate surface area is 228 Å². The standard InChI is InChI=1S/C28H38N6O5/c1-2-39-22-10-8-20(9-11-22)16-23(31-18-25(35)36)26(37)33-24(17-19-6-4-3-5-7-19)27(38)32-21-12-14-34(15-13-21)28(29)30/h3-11,21,23-24,31H,2,12-18H2,1H3,(H3,29,30)(H,32,38)(H,33,37)(H,35,36)/t23-,24+/m1/s1. The summed E-state index contributed by atoms with van der Waals surface area (Å²) < 4.78 is 5.47. The van der Waals surface area contributed by atoms with Gasteiger partial charge in [-0.3, -0.25) is 25.1 Å². The van der Waals surface area contributed by atoms with Crippen molar-refractivity contribution in [1.82, 2.24) is 20.9 Å². The third kappa shape index (κ3) is 9.60. The predicted molar refractivity (Wildman–Crippen MR) is 147 cm³/mol. The first-order chi connectivity index (χ1) is 18.7. The molecule has 0 radical (unpaired) electrons. The van der Waals surface area contributed by atoms with Gasteiger partial charge in [-0.15, -0.1) is 0 Å². The molecule has 1 fully saturated rings. The van der Waals surface area contributed by atoms with Crippen LogP contribution in [0.4, 0.5) is 0 Å². The molecule has 7 N–H and O–H groups in total. The van der Waals surface area contributed by atoms with Crippen molar-refractivity contribution in [2.75, 3.05) is 26.2 Å². The molecule has 0 aliphatic carbocycles. The molecule has 0 saturated carbocycles. The van der Waals surface area contributed by atoms with E-state index in [1.54, 1.807) is 17.0 Å². The summed E-state index contributed by atoms with van der Waals surface area (Å²) in [5, 5.41) is 25.5. The number of carboxylic acids is 1. The lowest BCUT2D eigenvalue weighted by Crippen LogP contribution is -2.57. The lowest BCUT2D eigenvalue weighted by Gasteiger charge is -2.33. The molecule has 2 atom stereocenters. The number of rotatable bonds is 13. The number of ether oxygens (including phenoxy) is 1. The minimum atomic E-state index is -1.09. The van der Waals surface area contributed by atoms with Gasteiger partial charge in [0.1, 0.15) is 11.8 Å². The van der Waals surface area contributed by atoms with Crippen LogP contribution in [0.3, 0.4) is 0 Å². The second-order valence-electron chi connectivity index (χ2n) is 9.51. The minimum Gasteiger partial charge on any atom is -0.494 e. The maximum absolute atomic E-state index is 13.4. The molecule has 11 heteroatoms. The van der Waals surface area contributed by atoms with E-state index < -0.39 is 30.5 Å². The highest BCUT2D eigenvalue weighted by Gasteiger charge is 2.29. The minimum absolute atomic E-state index is 0.0152. The maximum atomic E-state index is 13.4. The van der Waals surface area contributed by atoms with Crippen molar-refractivity contribution >= 4 is 23.7 Å². The van der Waals surface area contributed by atoms with E-state index in [1.807, 2.05) is 49.4 Å². The van der Waals surface area contributed by atoms with E-state index in [0.717, 1.165) is 11.1 Å². The summed E-state index contributed by atoms with van der Waals surface area (Å²) in [6, 6.07) is 14.8. The molecule has 0 spiro atoms. The Morgan fingerprint density at radius 2 is 1.62 bits per heavy atom. The fraction of sp³-hybridized carbons (Fsp3) is 0.429. The normalized spacial score (nSPS) is 15.2. The molecule has 2 amide bonds. The zero-order chi connectivity index (χ0) is 28.2. The van der Waals surface area contributed by atoms with Gasteiger partial charge in [-0.2, -0.15) is 0 Å². The predicted octanol–water partition coefficient (Wildman–Crippen LogP) is 0.872. The van der Waals surface area contributed by atoms with E-state index in [1.165, 1.54) is 0 Å². The number of benzene rings is 2. The van der Waals surface area contributed by atoms with Gasteiger partial charge in [0.25, 0.3) is 0 Å². The van der Waals surface area contributed by atoms with E-state index in [0.29, 0.717) is 38.3 Å². The Morgan fingerprint density at radius 3 is 2.21 bits per heavy atom. The van der Waals surface area contributed by atoms with Gasteiger partial charge in [0, 0.05) is 25.6 Å². The fourth-order valence-corrected chi connectivity index (χ4v) is 4.49. The van der Waals surface area contributed by atoms with Crippen molar-refractivity contribution < 1.29 is 24.2 Å². The Balaban J connectivity index is 1.72. The largest absolute Gasteiger partial charge is 0.494 e. The van der Waals surface area contributed by atoms with Gasteiger partial charge in [-0.1, -0.05) is 42.5 Å². The lowest BCUT2D eigenvalue weighted by atomic mass is 10.0. The van der Waals surface area contributed by atoms with Crippen LogP contribution in [0.5, 0.6) is 5.75 Å². The number of carbonyl (C=O) groups excluding carboxylic acids is 2. The molecule has 1 heterocycles. The number of piperidine rings is 1. The number of carboxylic acid groups (broad SMARTS) is 1. The van der Waals surface area contributed by atoms with Crippen LogP contribution in [0.2, 0.25) is 0 Å². The van der Waals surface area contributed by atoms with E-state index in [2.05, 4.69) is 16.0 Å². The number of aliphatic carboxylic acids is 1. The van der Waals surface area contributed by atoms with E-state index >= 15 is 0 Å². The zero-order valence-electron chi connectivity index (χ0n) is 22.2. The van der Waals surface area contributed by atoms with Crippen LogP contribution in [0, 0.1) is 5.41 Å². The van der Waals surface area contributed by atoms with Crippen molar-refractivity contribution in [2.45, 2.75) is 50.7 Å². The average Bonchev–Trinajstić information content (AvgIpc) is 2.92. The van der Waals surface area contributed by atoms with Crippen LogP contribution in [-0.2, 0) is 27.2 Å². The summed E-state index contributed by atoms with van der Waals surface area (Å²) in [7, 11) is 0. The fourth-order valence-electron chi connectivity index (χ4n) is 4.49. The van der Waals surface area contributed by atoms with Gasteiger partial charge in [0.15, 0.2) is 5.96 Å². The van der Waals surface area contributed by atoms with Gasteiger partial charge in [-0.25, -0.2) is 0 Å². The van der Waals surface area contributed by atoms with Crippen LogP contribution in [-0.4, -0.2) is 78.1 Å². The smallest absolute Gasteiger partial charge is 0.317 e. The molecule has 3 rings (SSSR count). The molecule has 0 aromatic heterocycles. The van der Waals surface area contributed by atoms with Gasteiger partial charge < -0.3 is 31.1 Å². The molecule has 1 aliphatic rings. The van der Waals surface area contributed by atoms with E-state index in [4.69, 9.17) is 15.9 Å². The van der Waals surface area contributed by atoms with Crippen LogP contribution < -0.4 is 26.4 Å². The van der Waals surface area contributed by atoms with Crippen molar-refractivity contribution in [3.05, 3.63) is 65.7 Å². The zero-order valence-corrected chi connectivity index (χ0v) is 22.2. The first kappa shape index (κ1) is 29.4. The molecule has 2 aromatic rings. The first-order valence-electron chi connectivity index (χ1n) is 13.2. The summed E-state index contributed by atoms with van der Waals surface area (Å²) in [5.74, 6) is -1.15. The van der Waals surface area contributed by atoms with Crippen molar-refractivity contribution in [2.24, 2.45) is 5.73 Å². The number of hydrogen-bond acceptors (Lipinski definition) is 6. The molecule has 210 valence electrons. The van der Waals surface area contributed by atoms with Gasteiger partial charge >= 0.3 is 5.97 Å².